The van der Waals surface area contributed by atoms with Crippen LogP contribution in [-0.4, -0.2) is 28.2 Å². The maximum Gasteiger partial charge on any atom is 0.266 e. The van der Waals surface area contributed by atoms with Gasteiger partial charge in [-0.1, -0.05) is 66.4 Å². The highest BCUT2D eigenvalue weighted by atomic mass is 32.2. The summed E-state index contributed by atoms with van der Waals surface area (Å²) in [7, 11) is 0. The number of rotatable bonds is 6. The lowest BCUT2D eigenvalue weighted by molar-refractivity contribution is -0.122. The van der Waals surface area contributed by atoms with Gasteiger partial charge in [0.2, 0.25) is 0 Å². The zero-order chi connectivity index (χ0) is 18.5. The van der Waals surface area contributed by atoms with Gasteiger partial charge in [-0.2, -0.15) is 0 Å². The van der Waals surface area contributed by atoms with Gasteiger partial charge >= 0.3 is 0 Å². The van der Waals surface area contributed by atoms with Crippen LogP contribution in [0.2, 0.25) is 0 Å². The Morgan fingerprint density at radius 2 is 1.69 bits per heavy atom. The summed E-state index contributed by atoms with van der Waals surface area (Å²) >= 11 is 6.79. The van der Waals surface area contributed by atoms with E-state index in [2.05, 4.69) is 43.0 Å². The molecule has 1 aliphatic heterocycles. The van der Waals surface area contributed by atoms with Gasteiger partial charge in [-0.25, -0.2) is 0 Å². The summed E-state index contributed by atoms with van der Waals surface area (Å²) in [5.41, 5.74) is 3.29. The third-order valence-corrected chi connectivity index (χ3v) is 5.75. The minimum Gasteiger partial charge on any atom is -0.372 e. The summed E-state index contributed by atoms with van der Waals surface area (Å²) in [5.74, 6) is -0.0170. The molecule has 0 bridgehead atoms. The highest BCUT2D eigenvalue weighted by Crippen LogP contribution is 2.33. The molecule has 0 saturated carbocycles. The second-order valence-corrected chi connectivity index (χ2v) is 7.69. The number of anilines is 1. The fourth-order valence-corrected chi connectivity index (χ4v) is 4.18. The molecule has 3 rings (SSSR count). The summed E-state index contributed by atoms with van der Waals surface area (Å²) < 4.78 is 0.616. The minimum absolute atomic E-state index is 0.0170. The lowest BCUT2D eigenvalue weighted by Crippen LogP contribution is -2.27. The normalized spacial score (nSPS) is 15.8. The van der Waals surface area contributed by atoms with Crippen molar-refractivity contribution in [2.24, 2.45) is 0 Å². The molecule has 2 aromatic rings. The molecule has 134 valence electrons. The molecule has 0 aliphatic carbocycles. The van der Waals surface area contributed by atoms with E-state index >= 15 is 0 Å². The van der Waals surface area contributed by atoms with Crippen LogP contribution >= 0.6 is 24.0 Å². The van der Waals surface area contributed by atoms with Gasteiger partial charge in [-0.15, -0.1) is 0 Å². The minimum atomic E-state index is -0.0170. The first-order valence-electron chi connectivity index (χ1n) is 8.76. The lowest BCUT2D eigenvalue weighted by atomic mass is 10.1. The first kappa shape index (κ1) is 18.7. The average Bonchev–Trinajstić information content (AvgIpc) is 2.92. The first-order valence-corrected chi connectivity index (χ1v) is 9.99. The molecule has 1 fully saturated rings. The van der Waals surface area contributed by atoms with E-state index in [0.717, 1.165) is 24.2 Å². The monoisotopic (exact) mass is 382 g/mol. The number of hydrogen-bond acceptors (Lipinski definition) is 4. The Morgan fingerprint density at radius 3 is 2.31 bits per heavy atom. The first-order chi connectivity index (χ1) is 12.6. The standard InChI is InChI=1S/C21H22N2OS2/c1-3-22(4-2)18-12-10-16(11-13-18)14-19-20(24)23(21(25)26-19)15-17-8-6-5-7-9-17/h5-14H,3-4,15H2,1-2H3/b19-14+. The van der Waals surface area contributed by atoms with Crippen molar-refractivity contribution in [1.29, 1.82) is 0 Å². The van der Waals surface area contributed by atoms with Crippen LogP contribution in [0.5, 0.6) is 0 Å². The summed E-state index contributed by atoms with van der Waals surface area (Å²) in [6.45, 7) is 6.77. The Morgan fingerprint density at radius 1 is 1.04 bits per heavy atom. The third-order valence-electron chi connectivity index (χ3n) is 4.38. The van der Waals surface area contributed by atoms with Gasteiger partial charge in [0.1, 0.15) is 4.32 Å². The molecular weight excluding hydrogens is 360 g/mol. The van der Waals surface area contributed by atoms with Crippen molar-refractivity contribution in [3.8, 4) is 0 Å². The zero-order valence-electron chi connectivity index (χ0n) is 15.0. The molecule has 0 atom stereocenters. The van der Waals surface area contributed by atoms with E-state index in [4.69, 9.17) is 12.2 Å². The summed E-state index contributed by atoms with van der Waals surface area (Å²) in [6.07, 6.45) is 1.93. The molecule has 5 heteroatoms. The predicted molar refractivity (Wildman–Crippen MR) is 115 cm³/mol. The summed E-state index contributed by atoms with van der Waals surface area (Å²) in [5, 5.41) is 0. The number of amides is 1. The van der Waals surface area contributed by atoms with Crippen LogP contribution in [-0.2, 0) is 11.3 Å². The molecule has 1 amide bonds. The quantitative estimate of drug-likeness (QED) is 0.522. The Labute approximate surface area is 164 Å². The van der Waals surface area contributed by atoms with Crippen LogP contribution in [0.15, 0.2) is 59.5 Å². The van der Waals surface area contributed by atoms with Crippen LogP contribution in [0, 0.1) is 0 Å². The molecule has 3 nitrogen and oxygen atoms in total. The fourth-order valence-electron chi connectivity index (χ4n) is 2.92. The number of thiocarbonyl (C=S) groups is 1. The Balaban J connectivity index is 1.75. The van der Waals surface area contributed by atoms with Gasteiger partial charge in [-0.05, 0) is 43.2 Å². The molecule has 2 aromatic carbocycles. The van der Waals surface area contributed by atoms with E-state index in [1.54, 1.807) is 4.90 Å². The summed E-state index contributed by atoms with van der Waals surface area (Å²) in [4.78, 5) is 17.4. The maximum absolute atomic E-state index is 12.7. The molecule has 1 saturated heterocycles. The van der Waals surface area contributed by atoms with Crippen LogP contribution < -0.4 is 4.90 Å². The molecule has 0 unspecified atom stereocenters. The topological polar surface area (TPSA) is 23.6 Å². The van der Waals surface area contributed by atoms with Gasteiger partial charge in [0.05, 0.1) is 11.4 Å². The highest BCUT2D eigenvalue weighted by Gasteiger charge is 2.31. The van der Waals surface area contributed by atoms with Crippen molar-refractivity contribution in [2.75, 3.05) is 18.0 Å². The number of benzene rings is 2. The van der Waals surface area contributed by atoms with Crippen molar-refractivity contribution in [2.45, 2.75) is 20.4 Å². The Hall–Kier alpha value is -2.11. The van der Waals surface area contributed by atoms with E-state index in [9.17, 15) is 4.79 Å². The highest BCUT2D eigenvalue weighted by molar-refractivity contribution is 8.26. The molecule has 1 heterocycles. The largest absolute Gasteiger partial charge is 0.372 e. The molecule has 0 radical (unpaired) electrons. The SMILES string of the molecule is CCN(CC)c1ccc(/C=C2/SC(=S)N(Cc3ccccc3)C2=O)cc1. The van der Waals surface area contributed by atoms with Crippen LogP contribution in [0.4, 0.5) is 5.69 Å². The van der Waals surface area contributed by atoms with Crippen LogP contribution in [0.3, 0.4) is 0 Å². The average molecular weight is 383 g/mol. The van der Waals surface area contributed by atoms with Gasteiger partial charge < -0.3 is 4.90 Å². The van der Waals surface area contributed by atoms with Crippen molar-refractivity contribution in [1.82, 2.24) is 4.90 Å². The third kappa shape index (κ3) is 4.17. The fraction of sp³-hybridized carbons (Fsp3) is 0.238. The molecule has 1 aliphatic rings. The Kier molecular flexibility index (Phi) is 6.12. The van der Waals surface area contributed by atoms with E-state index < -0.39 is 0 Å². The van der Waals surface area contributed by atoms with E-state index in [-0.39, 0.29) is 5.91 Å². The molecule has 26 heavy (non-hydrogen) atoms. The van der Waals surface area contributed by atoms with Crippen LogP contribution in [0.1, 0.15) is 25.0 Å². The van der Waals surface area contributed by atoms with Crippen molar-refractivity contribution in [3.05, 3.63) is 70.6 Å². The second kappa shape index (κ2) is 8.52. The predicted octanol–water partition coefficient (Wildman–Crippen LogP) is 4.93. The van der Waals surface area contributed by atoms with Gasteiger partial charge in [-0.3, -0.25) is 9.69 Å². The van der Waals surface area contributed by atoms with E-state index in [0.29, 0.717) is 15.8 Å². The second-order valence-electron chi connectivity index (χ2n) is 6.02. The van der Waals surface area contributed by atoms with Gasteiger partial charge in [0.25, 0.3) is 5.91 Å². The smallest absolute Gasteiger partial charge is 0.266 e. The summed E-state index contributed by atoms with van der Waals surface area (Å²) in [6, 6.07) is 18.2. The van der Waals surface area contributed by atoms with Crippen molar-refractivity contribution >= 4 is 46.0 Å². The van der Waals surface area contributed by atoms with E-state index in [1.165, 1.54) is 17.4 Å². The number of nitrogens with zero attached hydrogens (tertiary/aromatic N) is 2. The number of carbonyl (C=O) groups is 1. The van der Waals surface area contributed by atoms with Crippen LogP contribution in [0.25, 0.3) is 6.08 Å². The lowest BCUT2D eigenvalue weighted by Gasteiger charge is -2.20. The number of hydrogen-bond donors (Lipinski definition) is 0. The Bertz CT molecular complexity index is 812. The maximum atomic E-state index is 12.7. The van der Waals surface area contributed by atoms with Crippen molar-refractivity contribution in [3.63, 3.8) is 0 Å². The molecular formula is C21H22N2OS2. The van der Waals surface area contributed by atoms with E-state index in [1.807, 2.05) is 36.4 Å². The molecule has 0 aromatic heterocycles. The van der Waals surface area contributed by atoms with Gasteiger partial charge in [0.15, 0.2) is 0 Å². The number of thioether (sulfide) groups is 1. The van der Waals surface area contributed by atoms with Gasteiger partial charge in [0, 0.05) is 18.8 Å². The zero-order valence-corrected chi connectivity index (χ0v) is 16.6. The molecule has 0 spiro atoms. The van der Waals surface area contributed by atoms with Crippen molar-refractivity contribution < 1.29 is 4.79 Å². The molecule has 0 N–H and O–H groups in total. The number of carbonyl (C=O) groups excluding carboxylic acids is 1.